The van der Waals surface area contributed by atoms with Gasteiger partial charge >= 0.3 is 6.09 Å². The molecule has 0 fully saturated rings. The van der Waals surface area contributed by atoms with Crippen molar-refractivity contribution in [1.82, 2.24) is 5.32 Å². The van der Waals surface area contributed by atoms with Crippen LogP contribution in [-0.4, -0.2) is 12.6 Å². The number of carbonyl (C=O) groups excluding carboxylic acids is 1. The lowest BCUT2D eigenvalue weighted by Gasteiger charge is -2.04. The lowest BCUT2D eigenvalue weighted by molar-refractivity contribution is 0.141. The first-order chi connectivity index (χ1) is 9.74. The Morgan fingerprint density at radius 1 is 1.35 bits per heavy atom. The Bertz CT molecular complexity index is 623. The van der Waals surface area contributed by atoms with Crippen LogP contribution in [0.25, 0.3) is 0 Å². The highest BCUT2D eigenvalue weighted by Gasteiger charge is 2.00. The fourth-order valence-electron chi connectivity index (χ4n) is 1.55. The number of aryl methyl sites for hydroxylation is 1. The van der Waals surface area contributed by atoms with Crippen molar-refractivity contribution < 1.29 is 9.53 Å². The van der Waals surface area contributed by atoms with Gasteiger partial charge in [-0.25, -0.2) is 4.79 Å². The minimum Gasteiger partial charge on any atom is -0.445 e. The van der Waals surface area contributed by atoms with Crippen LogP contribution in [0.4, 0.5) is 4.79 Å². The minimum atomic E-state index is -0.454. The molecule has 1 aromatic heterocycles. The Hall–Kier alpha value is -2.25. The van der Waals surface area contributed by atoms with Crippen molar-refractivity contribution in [3.8, 4) is 11.8 Å². The highest BCUT2D eigenvalue weighted by Crippen LogP contribution is 2.11. The topological polar surface area (TPSA) is 38.3 Å². The van der Waals surface area contributed by atoms with E-state index in [4.69, 9.17) is 4.74 Å². The van der Waals surface area contributed by atoms with E-state index in [2.05, 4.69) is 17.2 Å². The van der Waals surface area contributed by atoms with Gasteiger partial charge in [-0.2, -0.15) is 0 Å². The highest BCUT2D eigenvalue weighted by molar-refractivity contribution is 7.10. The third-order valence-electron chi connectivity index (χ3n) is 2.50. The maximum Gasteiger partial charge on any atom is 0.408 e. The Labute approximate surface area is 122 Å². The number of hydrogen-bond acceptors (Lipinski definition) is 3. The Balaban J connectivity index is 1.69. The first kappa shape index (κ1) is 14.2. The molecule has 102 valence electrons. The molecule has 20 heavy (non-hydrogen) atoms. The Kier molecular flexibility index (Phi) is 5.22. The number of rotatable bonds is 3. The molecule has 1 N–H and O–H groups in total. The van der Waals surface area contributed by atoms with Crippen molar-refractivity contribution in [3.63, 3.8) is 0 Å². The average molecular weight is 285 g/mol. The van der Waals surface area contributed by atoms with Gasteiger partial charge in [-0.1, -0.05) is 42.2 Å². The van der Waals surface area contributed by atoms with E-state index in [1.807, 2.05) is 48.7 Å². The van der Waals surface area contributed by atoms with Crippen LogP contribution in [0.5, 0.6) is 0 Å². The standard InChI is InChI=1S/C16H15NO2S/c1-13-10-15(12-20-13)8-5-9-17-16(18)19-11-14-6-3-2-4-7-14/h2-4,6-7,10,12H,9,11H2,1H3,(H,17,18). The zero-order chi connectivity index (χ0) is 14.2. The lowest BCUT2D eigenvalue weighted by Crippen LogP contribution is -2.24. The molecule has 0 bridgehead atoms. The minimum absolute atomic E-state index is 0.268. The molecule has 4 heteroatoms. The van der Waals surface area contributed by atoms with Crippen LogP contribution < -0.4 is 5.32 Å². The molecule has 0 saturated heterocycles. The summed E-state index contributed by atoms with van der Waals surface area (Å²) in [5.41, 5.74) is 1.94. The number of amides is 1. The second-order valence-corrected chi connectivity index (χ2v) is 5.28. The summed E-state index contributed by atoms with van der Waals surface area (Å²) < 4.78 is 5.07. The molecule has 0 unspecified atom stereocenters. The molecule has 0 aliphatic heterocycles. The molecule has 1 amide bonds. The van der Waals surface area contributed by atoms with Gasteiger partial charge in [0.2, 0.25) is 0 Å². The summed E-state index contributed by atoms with van der Waals surface area (Å²) in [5.74, 6) is 5.87. The molecule has 1 heterocycles. The van der Waals surface area contributed by atoms with Crippen LogP contribution in [0.1, 0.15) is 16.0 Å². The van der Waals surface area contributed by atoms with E-state index in [9.17, 15) is 4.79 Å². The molecule has 1 aromatic carbocycles. The molecular weight excluding hydrogens is 270 g/mol. The summed E-state index contributed by atoms with van der Waals surface area (Å²) in [6, 6.07) is 11.6. The summed E-state index contributed by atoms with van der Waals surface area (Å²) in [5, 5.41) is 4.59. The number of benzene rings is 1. The Morgan fingerprint density at radius 2 is 2.15 bits per heavy atom. The van der Waals surface area contributed by atoms with E-state index in [0.717, 1.165) is 11.1 Å². The van der Waals surface area contributed by atoms with Gasteiger partial charge in [0.1, 0.15) is 6.61 Å². The van der Waals surface area contributed by atoms with Crippen molar-refractivity contribution in [3.05, 3.63) is 57.8 Å². The first-order valence-electron chi connectivity index (χ1n) is 6.22. The molecule has 0 saturated carbocycles. The summed E-state index contributed by atoms with van der Waals surface area (Å²) in [6.07, 6.45) is -0.454. The fraction of sp³-hybridized carbons (Fsp3) is 0.188. The van der Waals surface area contributed by atoms with Gasteiger partial charge < -0.3 is 10.1 Å². The van der Waals surface area contributed by atoms with Gasteiger partial charge in [0, 0.05) is 15.8 Å². The van der Waals surface area contributed by atoms with Crippen molar-refractivity contribution in [1.29, 1.82) is 0 Å². The zero-order valence-electron chi connectivity index (χ0n) is 11.2. The number of carbonyl (C=O) groups is 1. The first-order valence-corrected chi connectivity index (χ1v) is 7.10. The molecule has 0 aliphatic carbocycles. The third kappa shape index (κ3) is 4.79. The van der Waals surface area contributed by atoms with Crippen molar-refractivity contribution in [2.45, 2.75) is 13.5 Å². The number of alkyl carbamates (subject to hydrolysis) is 1. The van der Waals surface area contributed by atoms with Crippen molar-refractivity contribution >= 4 is 17.4 Å². The van der Waals surface area contributed by atoms with Gasteiger partial charge in [0.25, 0.3) is 0 Å². The van der Waals surface area contributed by atoms with E-state index in [-0.39, 0.29) is 13.2 Å². The predicted octanol–water partition coefficient (Wildman–Crippen LogP) is 3.33. The molecule has 0 radical (unpaired) electrons. The molecule has 3 nitrogen and oxygen atoms in total. The zero-order valence-corrected chi connectivity index (χ0v) is 12.0. The van der Waals surface area contributed by atoms with Gasteiger partial charge in [-0.15, -0.1) is 11.3 Å². The van der Waals surface area contributed by atoms with Gasteiger partial charge in [-0.05, 0) is 18.6 Å². The average Bonchev–Trinajstić information content (AvgIpc) is 2.88. The number of nitrogens with one attached hydrogen (secondary N) is 1. The molecule has 2 aromatic rings. The van der Waals surface area contributed by atoms with Crippen LogP contribution in [-0.2, 0) is 11.3 Å². The van der Waals surface area contributed by atoms with E-state index < -0.39 is 6.09 Å². The molecule has 0 atom stereocenters. The predicted molar refractivity (Wildman–Crippen MR) is 80.6 cm³/mol. The molecule has 0 aliphatic rings. The molecule has 2 rings (SSSR count). The Morgan fingerprint density at radius 3 is 2.85 bits per heavy atom. The van der Waals surface area contributed by atoms with Crippen LogP contribution in [0.2, 0.25) is 0 Å². The number of ether oxygens (including phenoxy) is 1. The van der Waals surface area contributed by atoms with Crippen LogP contribution >= 0.6 is 11.3 Å². The highest BCUT2D eigenvalue weighted by atomic mass is 32.1. The van der Waals surface area contributed by atoms with Crippen LogP contribution in [0.3, 0.4) is 0 Å². The maximum atomic E-state index is 11.4. The molecular formula is C16H15NO2S. The summed E-state index contributed by atoms with van der Waals surface area (Å²) in [4.78, 5) is 12.7. The van der Waals surface area contributed by atoms with Crippen molar-refractivity contribution in [2.24, 2.45) is 0 Å². The SMILES string of the molecule is Cc1cc(C#CCNC(=O)OCc2ccccc2)cs1. The second-order valence-electron chi connectivity index (χ2n) is 4.16. The normalized spacial score (nSPS) is 9.45. The van der Waals surface area contributed by atoms with E-state index in [1.165, 1.54) is 4.88 Å². The van der Waals surface area contributed by atoms with Crippen molar-refractivity contribution in [2.75, 3.05) is 6.54 Å². The third-order valence-corrected chi connectivity index (χ3v) is 3.36. The molecule has 0 spiro atoms. The fourth-order valence-corrected chi connectivity index (χ4v) is 2.18. The maximum absolute atomic E-state index is 11.4. The van der Waals surface area contributed by atoms with Crippen LogP contribution in [0.15, 0.2) is 41.8 Å². The van der Waals surface area contributed by atoms with E-state index in [1.54, 1.807) is 11.3 Å². The summed E-state index contributed by atoms with van der Waals surface area (Å²) in [6.45, 7) is 2.58. The van der Waals surface area contributed by atoms with E-state index in [0.29, 0.717) is 0 Å². The van der Waals surface area contributed by atoms with Crippen LogP contribution in [0, 0.1) is 18.8 Å². The van der Waals surface area contributed by atoms with Gasteiger partial charge in [-0.3, -0.25) is 0 Å². The largest absolute Gasteiger partial charge is 0.445 e. The summed E-state index contributed by atoms with van der Waals surface area (Å²) >= 11 is 1.66. The summed E-state index contributed by atoms with van der Waals surface area (Å²) in [7, 11) is 0. The number of thiophene rings is 1. The van der Waals surface area contributed by atoms with E-state index >= 15 is 0 Å². The second kappa shape index (κ2) is 7.37. The quantitative estimate of drug-likeness (QED) is 0.878. The van der Waals surface area contributed by atoms with Gasteiger partial charge in [0.15, 0.2) is 0 Å². The van der Waals surface area contributed by atoms with Gasteiger partial charge in [0.05, 0.1) is 6.54 Å². The monoisotopic (exact) mass is 285 g/mol. The smallest absolute Gasteiger partial charge is 0.408 e. The number of hydrogen-bond donors (Lipinski definition) is 1. The lowest BCUT2D eigenvalue weighted by atomic mass is 10.2.